The van der Waals surface area contributed by atoms with Gasteiger partial charge < -0.3 is 4.98 Å². The number of nitrogens with one attached hydrogen (secondary N) is 1. The molecule has 0 amide bonds. The van der Waals surface area contributed by atoms with Crippen LogP contribution in [0.3, 0.4) is 0 Å². The SMILES string of the molecule is S=c1nc(-c2cscn2)[nH]c2c1CCCCC2. The van der Waals surface area contributed by atoms with E-state index in [1.165, 1.54) is 30.5 Å². The molecule has 2 aromatic rings. The van der Waals surface area contributed by atoms with Crippen LogP contribution in [0.4, 0.5) is 0 Å². The van der Waals surface area contributed by atoms with Gasteiger partial charge >= 0.3 is 0 Å². The molecule has 0 atom stereocenters. The van der Waals surface area contributed by atoms with Gasteiger partial charge in [0, 0.05) is 16.6 Å². The van der Waals surface area contributed by atoms with Gasteiger partial charge in [-0.25, -0.2) is 9.97 Å². The Morgan fingerprint density at radius 1 is 1.24 bits per heavy atom. The molecule has 0 fully saturated rings. The molecule has 2 aromatic heterocycles. The number of thiazole rings is 1. The highest BCUT2D eigenvalue weighted by Gasteiger charge is 2.13. The molecule has 17 heavy (non-hydrogen) atoms. The van der Waals surface area contributed by atoms with Gasteiger partial charge in [0.15, 0.2) is 5.82 Å². The van der Waals surface area contributed by atoms with Crippen LogP contribution in [-0.2, 0) is 12.8 Å². The highest BCUT2D eigenvalue weighted by molar-refractivity contribution is 7.71. The van der Waals surface area contributed by atoms with Crippen molar-refractivity contribution in [2.75, 3.05) is 0 Å². The quantitative estimate of drug-likeness (QED) is 0.632. The minimum atomic E-state index is 0.753. The van der Waals surface area contributed by atoms with E-state index in [-0.39, 0.29) is 0 Å². The minimum absolute atomic E-state index is 0.753. The van der Waals surface area contributed by atoms with Gasteiger partial charge in [0.1, 0.15) is 10.3 Å². The summed E-state index contributed by atoms with van der Waals surface area (Å²) >= 11 is 6.98. The largest absolute Gasteiger partial charge is 0.342 e. The third kappa shape index (κ3) is 2.17. The predicted octanol–water partition coefficient (Wildman–Crippen LogP) is 3.53. The van der Waals surface area contributed by atoms with Gasteiger partial charge in [0.25, 0.3) is 0 Å². The van der Waals surface area contributed by atoms with Gasteiger partial charge in [-0.15, -0.1) is 11.3 Å². The molecule has 0 saturated carbocycles. The monoisotopic (exact) mass is 263 g/mol. The van der Waals surface area contributed by atoms with Gasteiger partial charge in [0.05, 0.1) is 5.51 Å². The van der Waals surface area contributed by atoms with E-state index in [4.69, 9.17) is 12.2 Å². The van der Waals surface area contributed by atoms with Crippen LogP contribution in [0.25, 0.3) is 11.5 Å². The summed E-state index contributed by atoms with van der Waals surface area (Å²) in [5, 5.41) is 2.00. The average Bonchev–Trinajstić information content (AvgIpc) is 2.75. The van der Waals surface area contributed by atoms with Gasteiger partial charge in [0.2, 0.25) is 0 Å². The van der Waals surface area contributed by atoms with Crippen LogP contribution >= 0.6 is 23.6 Å². The van der Waals surface area contributed by atoms with E-state index in [0.29, 0.717) is 0 Å². The van der Waals surface area contributed by atoms with E-state index in [0.717, 1.165) is 29.0 Å². The molecule has 1 aliphatic carbocycles. The topological polar surface area (TPSA) is 41.6 Å². The molecule has 0 unspecified atom stereocenters. The van der Waals surface area contributed by atoms with Crippen LogP contribution in [0.15, 0.2) is 10.9 Å². The smallest absolute Gasteiger partial charge is 0.158 e. The third-order valence-electron chi connectivity index (χ3n) is 3.13. The second-order valence-corrected chi connectivity index (χ2v) is 5.39. The number of nitrogens with zero attached hydrogens (tertiary/aromatic N) is 2. The van der Waals surface area contributed by atoms with E-state index in [9.17, 15) is 0 Å². The number of H-pyrrole nitrogens is 1. The van der Waals surface area contributed by atoms with Crippen molar-refractivity contribution >= 4 is 23.6 Å². The lowest BCUT2D eigenvalue weighted by atomic mass is 10.1. The summed E-state index contributed by atoms with van der Waals surface area (Å²) in [7, 11) is 0. The van der Waals surface area contributed by atoms with Crippen LogP contribution < -0.4 is 0 Å². The highest BCUT2D eigenvalue weighted by atomic mass is 32.1. The summed E-state index contributed by atoms with van der Waals surface area (Å²) in [6.45, 7) is 0. The molecule has 0 radical (unpaired) electrons. The number of aromatic amines is 1. The Hall–Kier alpha value is -1.07. The van der Waals surface area contributed by atoms with Crippen molar-refractivity contribution in [2.45, 2.75) is 32.1 Å². The standard InChI is InChI=1S/C12H13N3S2/c16-12-8-4-2-1-3-5-9(8)14-11(15-12)10-6-17-7-13-10/h6-7H,1-5H2,(H,14,15,16). The van der Waals surface area contributed by atoms with Crippen molar-refractivity contribution in [3.63, 3.8) is 0 Å². The van der Waals surface area contributed by atoms with Crippen molar-refractivity contribution in [1.29, 1.82) is 0 Å². The first-order valence-corrected chi connectivity index (χ1v) is 7.20. The summed E-state index contributed by atoms with van der Waals surface area (Å²) < 4.78 is 0.753. The lowest BCUT2D eigenvalue weighted by Gasteiger charge is -2.07. The predicted molar refractivity (Wildman–Crippen MR) is 71.8 cm³/mol. The first kappa shape index (κ1) is 11.0. The molecule has 0 aliphatic heterocycles. The average molecular weight is 263 g/mol. The number of aryl methyl sites for hydroxylation is 1. The third-order valence-corrected chi connectivity index (χ3v) is 4.06. The molecule has 2 heterocycles. The first-order chi connectivity index (χ1) is 8.34. The molecular weight excluding hydrogens is 250 g/mol. The van der Waals surface area contributed by atoms with Gasteiger partial charge in [-0.2, -0.15) is 0 Å². The van der Waals surface area contributed by atoms with Crippen LogP contribution in [0.5, 0.6) is 0 Å². The molecular formula is C12H13N3S2. The fraction of sp³-hybridized carbons (Fsp3) is 0.417. The van der Waals surface area contributed by atoms with E-state index in [1.54, 1.807) is 11.3 Å². The fourth-order valence-corrected chi connectivity index (χ4v) is 3.10. The number of hydrogen-bond acceptors (Lipinski definition) is 4. The van der Waals surface area contributed by atoms with Crippen molar-refractivity contribution in [2.24, 2.45) is 0 Å². The second-order valence-electron chi connectivity index (χ2n) is 4.28. The summed E-state index contributed by atoms with van der Waals surface area (Å²) in [4.78, 5) is 12.2. The molecule has 0 saturated heterocycles. The highest BCUT2D eigenvalue weighted by Crippen LogP contribution is 2.22. The van der Waals surface area contributed by atoms with Crippen molar-refractivity contribution in [3.8, 4) is 11.5 Å². The Balaban J connectivity index is 2.12. The number of aromatic nitrogens is 3. The summed E-state index contributed by atoms with van der Waals surface area (Å²) in [6, 6.07) is 0. The Kier molecular flexibility index (Phi) is 3.03. The Morgan fingerprint density at radius 2 is 2.12 bits per heavy atom. The van der Waals surface area contributed by atoms with Crippen molar-refractivity contribution in [3.05, 3.63) is 26.8 Å². The van der Waals surface area contributed by atoms with Crippen LogP contribution in [0.2, 0.25) is 0 Å². The number of fused-ring (bicyclic) bond motifs is 1. The molecule has 0 spiro atoms. The zero-order valence-corrected chi connectivity index (χ0v) is 11.0. The van der Waals surface area contributed by atoms with Crippen LogP contribution in [-0.4, -0.2) is 15.0 Å². The molecule has 3 nitrogen and oxygen atoms in total. The van der Waals surface area contributed by atoms with Gasteiger partial charge in [-0.1, -0.05) is 18.6 Å². The Morgan fingerprint density at radius 3 is 2.94 bits per heavy atom. The van der Waals surface area contributed by atoms with Gasteiger partial charge in [-0.3, -0.25) is 0 Å². The van der Waals surface area contributed by atoms with Crippen LogP contribution in [0, 0.1) is 4.64 Å². The minimum Gasteiger partial charge on any atom is -0.342 e. The number of rotatable bonds is 1. The molecule has 0 bridgehead atoms. The van der Waals surface area contributed by atoms with Crippen molar-refractivity contribution in [1.82, 2.24) is 15.0 Å². The normalized spacial score (nSPS) is 15.3. The first-order valence-electron chi connectivity index (χ1n) is 5.85. The summed E-state index contributed by atoms with van der Waals surface area (Å²) in [5.74, 6) is 0.817. The molecule has 0 aromatic carbocycles. The van der Waals surface area contributed by atoms with Crippen molar-refractivity contribution < 1.29 is 0 Å². The summed E-state index contributed by atoms with van der Waals surface area (Å²) in [5.41, 5.74) is 5.23. The van der Waals surface area contributed by atoms with E-state index in [2.05, 4.69) is 15.0 Å². The maximum Gasteiger partial charge on any atom is 0.158 e. The van der Waals surface area contributed by atoms with Crippen LogP contribution in [0.1, 0.15) is 30.5 Å². The molecule has 88 valence electrons. The van der Waals surface area contributed by atoms with E-state index in [1.807, 2.05) is 10.9 Å². The lowest BCUT2D eigenvalue weighted by molar-refractivity contribution is 0.708. The Labute approximate surface area is 109 Å². The maximum atomic E-state index is 5.40. The summed E-state index contributed by atoms with van der Waals surface area (Å²) in [6.07, 6.45) is 5.89. The fourth-order valence-electron chi connectivity index (χ4n) is 2.25. The zero-order valence-electron chi connectivity index (χ0n) is 9.40. The molecule has 3 rings (SSSR count). The van der Waals surface area contributed by atoms with Gasteiger partial charge in [-0.05, 0) is 25.7 Å². The van der Waals surface area contributed by atoms with E-state index >= 15 is 0 Å². The maximum absolute atomic E-state index is 5.40. The van der Waals surface area contributed by atoms with E-state index < -0.39 is 0 Å². The molecule has 1 N–H and O–H groups in total. The zero-order chi connectivity index (χ0) is 11.7. The molecule has 5 heteroatoms. The molecule has 1 aliphatic rings. The lowest BCUT2D eigenvalue weighted by Crippen LogP contribution is -2.02. The second kappa shape index (κ2) is 4.66. The number of hydrogen-bond donors (Lipinski definition) is 1. The Bertz CT molecular complexity index is 572.